The van der Waals surface area contributed by atoms with Gasteiger partial charge in [0.25, 0.3) is 5.91 Å². The lowest BCUT2D eigenvalue weighted by molar-refractivity contribution is 0.0827. The fourth-order valence-corrected chi connectivity index (χ4v) is 2.55. The molecule has 0 heterocycles. The quantitative estimate of drug-likeness (QED) is 0.832. The summed E-state index contributed by atoms with van der Waals surface area (Å²) in [5.41, 5.74) is 3.91. The van der Waals surface area contributed by atoms with Gasteiger partial charge in [0.05, 0.1) is 6.04 Å². The molecule has 0 saturated heterocycles. The minimum Gasteiger partial charge on any atom is -0.356 e. The van der Waals surface area contributed by atoms with Crippen molar-refractivity contribution in [2.24, 2.45) is 0 Å². The van der Waals surface area contributed by atoms with Crippen LogP contribution in [0.2, 0.25) is 0 Å². The molecule has 2 aromatic rings. The second kappa shape index (κ2) is 7.93. The monoisotopic (exact) mass is 341 g/mol. The lowest BCUT2D eigenvalue weighted by Crippen LogP contribution is -2.30. The van der Waals surface area contributed by atoms with E-state index in [1.165, 1.54) is 11.1 Å². The number of nitrogens with zero attached hydrogens (tertiary/aromatic N) is 1. The molecule has 0 aliphatic carbocycles. The zero-order chi connectivity index (χ0) is 17.7. The van der Waals surface area contributed by atoms with Crippen LogP contribution in [0.4, 0.5) is 5.69 Å². The van der Waals surface area contributed by atoms with E-state index >= 15 is 0 Å². The van der Waals surface area contributed by atoms with Crippen LogP contribution in [0.5, 0.6) is 0 Å². The predicted octanol–water partition coefficient (Wildman–Crippen LogP) is 3.74. The molecule has 0 saturated carbocycles. The molecule has 0 aliphatic rings. The standard InChI is InChI=1S/C19H23N3OS/c1-13-5-7-15(8-6-13)14(2)20-19(24)21-17-11-9-16(10-12-17)18(23)22(3)4/h5-12,14H,1-4H3,(H2,20,21,24)/t14-/m1/s1. The molecule has 1 atom stereocenters. The van der Waals surface area contributed by atoms with Gasteiger partial charge in [-0.25, -0.2) is 0 Å². The Balaban J connectivity index is 1.94. The number of rotatable bonds is 4. The molecule has 4 nitrogen and oxygen atoms in total. The Morgan fingerprint density at radius 1 is 1.04 bits per heavy atom. The largest absolute Gasteiger partial charge is 0.356 e. The van der Waals surface area contributed by atoms with Crippen molar-refractivity contribution in [3.05, 3.63) is 65.2 Å². The number of anilines is 1. The molecule has 2 aromatic carbocycles. The number of carbonyl (C=O) groups is 1. The Bertz CT molecular complexity index is 708. The first-order chi connectivity index (χ1) is 11.4. The highest BCUT2D eigenvalue weighted by molar-refractivity contribution is 7.80. The molecular formula is C19H23N3OS. The van der Waals surface area contributed by atoms with Crippen LogP contribution in [-0.4, -0.2) is 30.0 Å². The van der Waals surface area contributed by atoms with Crippen molar-refractivity contribution in [2.45, 2.75) is 19.9 Å². The van der Waals surface area contributed by atoms with Crippen molar-refractivity contribution in [3.63, 3.8) is 0 Å². The Kier molecular flexibility index (Phi) is 5.93. The predicted molar refractivity (Wildman–Crippen MR) is 103 cm³/mol. The van der Waals surface area contributed by atoms with E-state index in [4.69, 9.17) is 12.2 Å². The Morgan fingerprint density at radius 3 is 2.17 bits per heavy atom. The van der Waals surface area contributed by atoms with Crippen LogP contribution in [-0.2, 0) is 0 Å². The second-order valence-electron chi connectivity index (χ2n) is 6.01. The van der Waals surface area contributed by atoms with Gasteiger partial charge < -0.3 is 15.5 Å². The Hall–Kier alpha value is -2.40. The summed E-state index contributed by atoms with van der Waals surface area (Å²) >= 11 is 5.37. The summed E-state index contributed by atoms with van der Waals surface area (Å²) in [5, 5.41) is 6.96. The minimum atomic E-state index is -0.0183. The highest BCUT2D eigenvalue weighted by Crippen LogP contribution is 2.14. The third-order valence-electron chi connectivity index (χ3n) is 3.72. The number of amides is 1. The molecule has 0 bridgehead atoms. The van der Waals surface area contributed by atoms with E-state index in [-0.39, 0.29) is 11.9 Å². The number of aryl methyl sites for hydroxylation is 1. The number of hydrogen-bond acceptors (Lipinski definition) is 2. The maximum absolute atomic E-state index is 11.9. The number of carbonyl (C=O) groups excluding carboxylic acids is 1. The molecule has 0 fully saturated rings. The maximum Gasteiger partial charge on any atom is 0.253 e. The first-order valence-electron chi connectivity index (χ1n) is 7.82. The highest BCUT2D eigenvalue weighted by atomic mass is 32.1. The summed E-state index contributed by atoms with van der Waals surface area (Å²) in [6.45, 7) is 4.14. The van der Waals surface area contributed by atoms with Gasteiger partial charge in [0.1, 0.15) is 0 Å². The van der Waals surface area contributed by atoms with Crippen molar-refractivity contribution in [1.29, 1.82) is 0 Å². The zero-order valence-electron chi connectivity index (χ0n) is 14.5. The van der Waals surface area contributed by atoms with Crippen molar-refractivity contribution < 1.29 is 4.79 Å². The smallest absolute Gasteiger partial charge is 0.253 e. The summed E-state index contributed by atoms with van der Waals surface area (Å²) < 4.78 is 0. The van der Waals surface area contributed by atoms with E-state index in [9.17, 15) is 4.79 Å². The van der Waals surface area contributed by atoms with Crippen molar-refractivity contribution in [3.8, 4) is 0 Å². The van der Waals surface area contributed by atoms with Gasteiger partial charge in [0.2, 0.25) is 0 Å². The van der Waals surface area contributed by atoms with Gasteiger partial charge >= 0.3 is 0 Å². The third-order valence-corrected chi connectivity index (χ3v) is 3.94. The van der Waals surface area contributed by atoms with E-state index in [2.05, 4.69) is 48.7 Å². The molecule has 24 heavy (non-hydrogen) atoms. The van der Waals surface area contributed by atoms with Crippen molar-refractivity contribution >= 4 is 28.9 Å². The summed E-state index contributed by atoms with van der Waals surface area (Å²) in [7, 11) is 3.47. The molecule has 0 spiro atoms. The van der Waals surface area contributed by atoms with Crippen LogP contribution in [0.25, 0.3) is 0 Å². The van der Waals surface area contributed by atoms with E-state index < -0.39 is 0 Å². The number of nitrogens with one attached hydrogen (secondary N) is 2. The second-order valence-corrected chi connectivity index (χ2v) is 6.42. The molecule has 2 N–H and O–H groups in total. The van der Waals surface area contributed by atoms with Gasteiger partial charge in [-0.15, -0.1) is 0 Å². The van der Waals surface area contributed by atoms with Gasteiger partial charge in [-0.1, -0.05) is 29.8 Å². The lowest BCUT2D eigenvalue weighted by atomic mass is 10.1. The number of hydrogen-bond donors (Lipinski definition) is 2. The van der Waals surface area contributed by atoms with Crippen molar-refractivity contribution in [2.75, 3.05) is 19.4 Å². The molecule has 5 heteroatoms. The first kappa shape index (κ1) is 17.9. The van der Waals surface area contributed by atoms with Crippen LogP contribution in [0.15, 0.2) is 48.5 Å². The van der Waals surface area contributed by atoms with E-state index in [0.717, 1.165) is 5.69 Å². The summed E-state index contributed by atoms with van der Waals surface area (Å²) in [6, 6.07) is 15.7. The molecule has 0 unspecified atom stereocenters. The lowest BCUT2D eigenvalue weighted by Gasteiger charge is -2.18. The fraction of sp³-hybridized carbons (Fsp3) is 0.263. The number of thiocarbonyl (C=S) groups is 1. The molecule has 126 valence electrons. The highest BCUT2D eigenvalue weighted by Gasteiger charge is 2.09. The van der Waals surface area contributed by atoms with E-state index in [1.807, 2.05) is 12.1 Å². The molecule has 0 radical (unpaired) electrons. The first-order valence-corrected chi connectivity index (χ1v) is 8.23. The SMILES string of the molecule is Cc1ccc([C@@H](C)NC(=S)Nc2ccc(C(=O)N(C)C)cc2)cc1. The molecule has 0 aliphatic heterocycles. The maximum atomic E-state index is 11.9. The van der Waals surface area contributed by atoms with Crippen molar-refractivity contribution in [1.82, 2.24) is 10.2 Å². The summed E-state index contributed by atoms with van der Waals surface area (Å²) in [6.07, 6.45) is 0. The molecular weight excluding hydrogens is 318 g/mol. The Morgan fingerprint density at radius 2 is 1.62 bits per heavy atom. The molecule has 1 amide bonds. The molecule has 2 rings (SSSR count). The number of benzene rings is 2. The topological polar surface area (TPSA) is 44.4 Å². The van der Waals surface area contributed by atoms with Gasteiger partial charge in [0.15, 0.2) is 5.11 Å². The zero-order valence-corrected chi connectivity index (χ0v) is 15.3. The van der Waals surface area contributed by atoms with E-state index in [0.29, 0.717) is 10.7 Å². The average Bonchev–Trinajstić information content (AvgIpc) is 2.55. The Labute approximate surface area is 148 Å². The van der Waals surface area contributed by atoms with Crippen LogP contribution in [0, 0.1) is 6.92 Å². The van der Waals surface area contributed by atoms with Crippen LogP contribution >= 0.6 is 12.2 Å². The van der Waals surface area contributed by atoms with Gasteiger partial charge in [-0.3, -0.25) is 4.79 Å². The average molecular weight is 341 g/mol. The van der Waals surface area contributed by atoms with Gasteiger partial charge in [0, 0.05) is 25.3 Å². The van der Waals surface area contributed by atoms with Crippen LogP contribution < -0.4 is 10.6 Å². The van der Waals surface area contributed by atoms with Crippen LogP contribution in [0.1, 0.15) is 34.5 Å². The van der Waals surface area contributed by atoms with Crippen LogP contribution in [0.3, 0.4) is 0 Å². The normalized spacial score (nSPS) is 11.5. The summed E-state index contributed by atoms with van der Waals surface area (Å²) in [5.74, 6) is -0.0183. The van der Waals surface area contributed by atoms with Gasteiger partial charge in [-0.05, 0) is 55.9 Å². The van der Waals surface area contributed by atoms with E-state index in [1.54, 1.807) is 31.1 Å². The molecule has 0 aromatic heterocycles. The summed E-state index contributed by atoms with van der Waals surface area (Å²) in [4.78, 5) is 13.4. The van der Waals surface area contributed by atoms with Gasteiger partial charge in [-0.2, -0.15) is 0 Å². The minimum absolute atomic E-state index is 0.0183. The fourth-order valence-electron chi connectivity index (χ4n) is 2.26. The third kappa shape index (κ3) is 4.80.